The number of primary sulfonamides is 1. The first-order chi connectivity index (χ1) is 12.4. The largest absolute Gasteiger partial charge is 0.484 e. The molecule has 7 heteroatoms. The van der Waals surface area contributed by atoms with Gasteiger partial charge >= 0.3 is 0 Å². The van der Waals surface area contributed by atoms with Crippen LogP contribution in [0.1, 0.15) is 5.56 Å². The Bertz CT molecular complexity index is 1030. The minimum Gasteiger partial charge on any atom is -0.484 e. The molecule has 0 aliphatic carbocycles. The minimum atomic E-state index is -3.71. The van der Waals surface area contributed by atoms with E-state index in [0.29, 0.717) is 5.75 Å². The number of sulfonamides is 1. The van der Waals surface area contributed by atoms with Crippen LogP contribution < -0.4 is 15.2 Å². The summed E-state index contributed by atoms with van der Waals surface area (Å²) in [5, 5.41) is 9.91. The number of hydrogen-bond acceptors (Lipinski definition) is 4. The van der Waals surface area contributed by atoms with Crippen LogP contribution in [0.25, 0.3) is 10.8 Å². The molecule has 6 nitrogen and oxygen atoms in total. The van der Waals surface area contributed by atoms with E-state index in [-0.39, 0.29) is 24.0 Å². The Labute approximate surface area is 151 Å². The Balaban J connectivity index is 1.52. The van der Waals surface area contributed by atoms with Gasteiger partial charge in [-0.25, -0.2) is 13.6 Å². The first kappa shape index (κ1) is 17.9. The lowest BCUT2D eigenvalue weighted by Gasteiger charge is -2.09. The summed E-state index contributed by atoms with van der Waals surface area (Å²) in [7, 11) is -3.71. The van der Waals surface area contributed by atoms with Gasteiger partial charge in [0, 0.05) is 6.54 Å². The highest BCUT2D eigenvalue weighted by Crippen LogP contribution is 2.20. The molecule has 0 spiro atoms. The van der Waals surface area contributed by atoms with E-state index in [1.165, 1.54) is 12.1 Å². The zero-order valence-electron chi connectivity index (χ0n) is 13.9. The molecule has 0 saturated heterocycles. The molecule has 3 aromatic carbocycles. The fourth-order valence-corrected chi connectivity index (χ4v) is 2.97. The maximum Gasteiger partial charge on any atom is 0.258 e. The van der Waals surface area contributed by atoms with Crippen LogP contribution in [0.4, 0.5) is 0 Å². The highest BCUT2D eigenvalue weighted by atomic mass is 32.2. The van der Waals surface area contributed by atoms with Gasteiger partial charge in [0.1, 0.15) is 5.75 Å². The van der Waals surface area contributed by atoms with Crippen molar-refractivity contribution in [1.82, 2.24) is 5.32 Å². The summed E-state index contributed by atoms with van der Waals surface area (Å²) in [4.78, 5) is 12.0. The fourth-order valence-electron chi connectivity index (χ4n) is 2.45. The third-order valence-electron chi connectivity index (χ3n) is 3.83. The summed E-state index contributed by atoms with van der Waals surface area (Å²) in [6, 6.07) is 19.6. The quantitative estimate of drug-likeness (QED) is 0.695. The van der Waals surface area contributed by atoms with Crippen molar-refractivity contribution in [1.29, 1.82) is 0 Å². The zero-order valence-corrected chi connectivity index (χ0v) is 14.7. The van der Waals surface area contributed by atoms with Crippen molar-refractivity contribution in [3.63, 3.8) is 0 Å². The first-order valence-corrected chi connectivity index (χ1v) is 9.46. The van der Waals surface area contributed by atoms with Gasteiger partial charge in [-0.05, 0) is 40.6 Å². The maximum atomic E-state index is 11.9. The molecular weight excluding hydrogens is 352 g/mol. The first-order valence-electron chi connectivity index (χ1n) is 7.92. The third-order valence-corrected chi connectivity index (χ3v) is 4.76. The maximum absolute atomic E-state index is 11.9. The molecule has 0 atom stereocenters. The lowest BCUT2D eigenvalue weighted by molar-refractivity contribution is -0.123. The third kappa shape index (κ3) is 4.59. The highest BCUT2D eigenvalue weighted by Gasteiger charge is 2.08. The zero-order chi connectivity index (χ0) is 18.6. The Morgan fingerprint density at radius 1 is 0.962 bits per heavy atom. The van der Waals surface area contributed by atoms with E-state index in [0.717, 1.165) is 16.3 Å². The van der Waals surface area contributed by atoms with Gasteiger partial charge < -0.3 is 10.1 Å². The summed E-state index contributed by atoms with van der Waals surface area (Å²) >= 11 is 0. The molecule has 0 radical (unpaired) electrons. The van der Waals surface area contributed by atoms with Gasteiger partial charge in [0.2, 0.25) is 10.0 Å². The van der Waals surface area contributed by atoms with Crippen molar-refractivity contribution >= 4 is 26.7 Å². The lowest BCUT2D eigenvalue weighted by atomic mass is 10.1. The van der Waals surface area contributed by atoms with Gasteiger partial charge in [0.05, 0.1) is 4.90 Å². The monoisotopic (exact) mass is 370 g/mol. The predicted octanol–water partition coefficient (Wildman–Crippen LogP) is 2.18. The average Bonchev–Trinajstić information content (AvgIpc) is 2.64. The van der Waals surface area contributed by atoms with Crippen molar-refractivity contribution in [2.24, 2.45) is 5.14 Å². The number of ether oxygens (including phenoxy) is 1. The summed E-state index contributed by atoms with van der Waals surface area (Å²) in [5.74, 6) is 0.352. The van der Waals surface area contributed by atoms with Gasteiger partial charge in [0.15, 0.2) is 6.61 Å². The number of fused-ring (bicyclic) bond motifs is 1. The number of rotatable bonds is 6. The molecule has 0 aliphatic heterocycles. The number of carbonyl (C=O) groups excluding carboxylic acids is 1. The van der Waals surface area contributed by atoms with E-state index < -0.39 is 10.0 Å². The molecule has 0 heterocycles. The van der Waals surface area contributed by atoms with E-state index in [1.807, 2.05) is 42.5 Å². The summed E-state index contributed by atoms with van der Waals surface area (Å²) < 4.78 is 27.9. The summed E-state index contributed by atoms with van der Waals surface area (Å²) in [5.41, 5.74) is 0.761. The Morgan fingerprint density at radius 3 is 2.35 bits per heavy atom. The van der Waals surface area contributed by atoms with E-state index in [4.69, 9.17) is 9.88 Å². The van der Waals surface area contributed by atoms with Gasteiger partial charge in [-0.15, -0.1) is 0 Å². The van der Waals surface area contributed by atoms with Crippen molar-refractivity contribution in [3.8, 4) is 5.75 Å². The molecule has 3 rings (SSSR count). The van der Waals surface area contributed by atoms with Crippen LogP contribution in [0.3, 0.4) is 0 Å². The van der Waals surface area contributed by atoms with Crippen molar-refractivity contribution in [2.45, 2.75) is 11.4 Å². The number of nitrogens with one attached hydrogen (secondary N) is 1. The molecule has 0 aromatic heterocycles. The average molecular weight is 370 g/mol. The second-order valence-corrected chi connectivity index (χ2v) is 7.32. The molecule has 0 fully saturated rings. The van der Waals surface area contributed by atoms with Crippen LogP contribution in [0.15, 0.2) is 71.6 Å². The number of hydrogen-bond donors (Lipinski definition) is 2. The summed E-state index contributed by atoms with van der Waals surface area (Å²) in [6.07, 6.45) is 0. The number of carbonyl (C=O) groups is 1. The lowest BCUT2D eigenvalue weighted by Crippen LogP contribution is -2.28. The Kier molecular flexibility index (Phi) is 5.20. The van der Waals surface area contributed by atoms with Crippen LogP contribution >= 0.6 is 0 Å². The molecule has 1 amide bonds. The van der Waals surface area contributed by atoms with Crippen molar-refractivity contribution < 1.29 is 17.9 Å². The molecular formula is C19H18N2O4S. The van der Waals surface area contributed by atoms with E-state index in [9.17, 15) is 13.2 Å². The van der Waals surface area contributed by atoms with Crippen LogP contribution in [0.2, 0.25) is 0 Å². The molecule has 3 N–H and O–H groups in total. The van der Waals surface area contributed by atoms with Crippen molar-refractivity contribution in [2.75, 3.05) is 6.61 Å². The SMILES string of the molecule is NS(=O)(=O)c1ccc(CNC(=O)COc2ccc3ccccc3c2)cc1. The highest BCUT2D eigenvalue weighted by molar-refractivity contribution is 7.89. The van der Waals surface area contributed by atoms with E-state index >= 15 is 0 Å². The molecule has 26 heavy (non-hydrogen) atoms. The predicted molar refractivity (Wildman–Crippen MR) is 99.1 cm³/mol. The normalized spacial score (nSPS) is 11.3. The van der Waals surface area contributed by atoms with Crippen LogP contribution in [0.5, 0.6) is 5.75 Å². The van der Waals surface area contributed by atoms with Crippen LogP contribution in [-0.4, -0.2) is 20.9 Å². The number of nitrogens with two attached hydrogens (primary N) is 1. The molecule has 0 saturated carbocycles. The van der Waals surface area contributed by atoms with Crippen LogP contribution in [0, 0.1) is 0 Å². The number of amides is 1. The van der Waals surface area contributed by atoms with Crippen LogP contribution in [-0.2, 0) is 21.4 Å². The fraction of sp³-hybridized carbons (Fsp3) is 0.105. The molecule has 0 unspecified atom stereocenters. The van der Waals surface area contributed by atoms with Gasteiger partial charge in [0.25, 0.3) is 5.91 Å². The topological polar surface area (TPSA) is 98.5 Å². The van der Waals surface area contributed by atoms with Gasteiger partial charge in [-0.1, -0.05) is 42.5 Å². The number of benzene rings is 3. The van der Waals surface area contributed by atoms with Gasteiger partial charge in [-0.3, -0.25) is 4.79 Å². The Morgan fingerprint density at radius 2 is 1.65 bits per heavy atom. The second kappa shape index (κ2) is 7.55. The standard InChI is InChI=1S/C19H18N2O4S/c20-26(23,24)18-9-5-14(6-10-18)12-21-19(22)13-25-17-8-7-15-3-1-2-4-16(15)11-17/h1-11H,12-13H2,(H,21,22)(H2,20,23,24). The van der Waals surface area contributed by atoms with Crippen molar-refractivity contribution in [3.05, 3.63) is 72.3 Å². The van der Waals surface area contributed by atoms with E-state index in [1.54, 1.807) is 12.1 Å². The smallest absolute Gasteiger partial charge is 0.258 e. The minimum absolute atomic E-state index is 0.0345. The van der Waals surface area contributed by atoms with E-state index in [2.05, 4.69) is 5.32 Å². The van der Waals surface area contributed by atoms with Gasteiger partial charge in [-0.2, -0.15) is 0 Å². The second-order valence-electron chi connectivity index (χ2n) is 5.76. The molecule has 134 valence electrons. The Hall–Kier alpha value is -2.90. The molecule has 0 bridgehead atoms. The molecule has 3 aromatic rings. The summed E-state index contributed by atoms with van der Waals surface area (Å²) in [6.45, 7) is 0.165. The molecule has 0 aliphatic rings.